The molecule has 3 heterocycles. The van der Waals surface area contributed by atoms with Gasteiger partial charge in [-0.05, 0) is 47.4 Å². The zero-order chi connectivity index (χ0) is 35.4. The SMILES string of the molecule is C=CCN1CC(=O)N2[C@@H](Cc3ccc(OP(=O)([O-])O)cc3)C(=O)N(Cc3cccc(N4CCCC4=O)c3)C[C@@H]2N1C(=O)NCc1ccccc1.[H-].[Na+].[Na+]. The minimum Gasteiger partial charge on any atom is -1.00 e. The molecular weight excluding hydrogens is 709 g/mol. The van der Waals surface area contributed by atoms with Gasteiger partial charge in [0.25, 0.3) is 0 Å². The molecular formula is C35H39N6Na2O8P. The second-order valence-electron chi connectivity index (χ2n) is 12.4. The smallest absolute Gasteiger partial charge is 1.00 e. The largest absolute Gasteiger partial charge is 1.00 e. The van der Waals surface area contributed by atoms with Gasteiger partial charge in [0.1, 0.15) is 18.0 Å². The molecule has 3 aromatic rings. The van der Waals surface area contributed by atoms with Crippen LogP contribution in [0.4, 0.5) is 10.5 Å². The molecule has 0 aromatic heterocycles. The first-order valence-corrected chi connectivity index (χ1v) is 17.8. The fourth-order valence-electron chi connectivity index (χ4n) is 6.71. The van der Waals surface area contributed by atoms with Gasteiger partial charge in [-0.1, -0.05) is 60.7 Å². The van der Waals surface area contributed by atoms with Crippen LogP contribution in [0.25, 0.3) is 0 Å². The Bertz CT molecular complexity index is 1820. The first-order valence-electron chi connectivity index (χ1n) is 16.3. The third kappa shape index (κ3) is 9.94. The average molecular weight is 749 g/mol. The summed E-state index contributed by atoms with van der Waals surface area (Å²) in [6, 6.07) is 21.2. The Balaban J connectivity index is 0.00000252. The molecule has 1 unspecified atom stereocenters. The van der Waals surface area contributed by atoms with Crippen LogP contribution in [-0.2, 0) is 38.5 Å². The van der Waals surface area contributed by atoms with Gasteiger partial charge in [0.05, 0.1) is 13.1 Å². The van der Waals surface area contributed by atoms with E-state index < -0.39 is 26.1 Å². The number of urea groups is 1. The fraction of sp³-hybridized carbons (Fsp3) is 0.314. The van der Waals surface area contributed by atoms with E-state index in [0.29, 0.717) is 18.5 Å². The summed E-state index contributed by atoms with van der Waals surface area (Å²) in [6.45, 7) is 4.89. The number of benzene rings is 3. The Morgan fingerprint density at radius 2 is 1.71 bits per heavy atom. The van der Waals surface area contributed by atoms with Crippen LogP contribution in [0.3, 0.4) is 0 Å². The second kappa shape index (κ2) is 18.4. The van der Waals surface area contributed by atoms with E-state index in [0.717, 1.165) is 23.2 Å². The Morgan fingerprint density at radius 3 is 2.37 bits per heavy atom. The molecule has 3 aliphatic rings. The Kier molecular flexibility index (Phi) is 14.7. The van der Waals surface area contributed by atoms with Crippen LogP contribution in [0.2, 0.25) is 0 Å². The van der Waals surface area contributed by atoms with Crippen LogP contribution < -0.4 is 78.7 Å². The number of hydrogen-bond acceptors (Lipinski definition) is 8. The molecule has 0 saturated carbocycles. The van der Waals surface area contributed by atoms with E-state index in [4.69, 9.17) is 4.89 Å². The topological polar surface area (TPSA) is 166 Å². The van der Waals surface area contributed by atoms with E-state index in [-0.39, 0.29) is 123 Å². The van der Waals surface area contributed by atoms with Crippen molar-refractivity contribution in [2.75, 3.05) is 31.1 Å². The first-order chi connectivity index (χ1) is 24.0. The van der Waals surface area contributed by atoms with Gasteiger partial charge in [0.15, 0.2) is 0 Å². The fourth-order valence-corrected chi connectivity index (χ4v) is 7.09. The Hall–Kier alpha value is -3.01. The molecule has 3 aromatic carbocycles. The molecule has 3 atom stereocenters. The predicted molar refractivity (Wildman–Crippen MR) is 182 cm³/mol. The number of fused-ring (bicyclic) bond motifs is 1. The van der Waals surface area contributed by atoms with Gasteiger partial charge in [-0.25, -0.2) is 14.8 Å². The maximum atomic E-state index is 14.4. The summed E-state index contributed by atoms with van der Waals surface area (Å²) in [5.41, 5.74) is 3.00. The molecule has 17 heteroatoms. The standard InChI is InChI=1S/C35H39N6O8P.2Na.H/c1-2-17-38-24-33(43)40-30(20-25-13-15-29(16-14-25)49-50(46,47)48)34(44)37(22-27-10-6-11-28(19-27)39-18-7-12-32(39)42)23-31(40)41(38)35(45)36-21-26-8-4-3-5-9-26;;;/h2-6,8-11,13-16,19,30-31H,1,7,12,17-18,20-24H2,(H,36,45)(H2,46,47,48);;;/q;2*+1;-1/p-1/t30-,31-;;;/m0.../s1. The van der Waals surface area contributed by atoms with Crippen molar-refractivity contribution in [1.29, 1.82) is 0 Å². The Labute approximate surface area is 348 Å². The maximum absolute atomic E-state index is 14.4. The predicted octanol–water partition coefficient (Wildman–Crippen LogP) is -3.49. The molecule has 52 heavy (non-hydrogen) atoms. The average Bonchev–Trinajstić information content (AvgIpc) is 3.52. The number of nitrogens with one attached hydrogen (secondary N) is 1. The van der Waals surface area contributed by atoms with E-state index in [1.54, 1.807) is 33.0 Å². The molecule has 2 N–H and O–H groups in total. The van der Waals surface area contributed by atoms with E-state index >= 15 is 0 Å². The van der Waals surface area contributed by atoms with Gasteiger partial charge in [-0.2, -0.15) is 0 Å². The summed E-state index contributed by atoms with van der Waals surface area (Å²) < 4.78 is 15.8. The van der Waals surface area contributed by atoms with Gasteiger partial charge in [-0.3, -0.25) is 18.9 Å². The summed E-state index contributed by atoms with van der Waals surface area (Å²) in [6.07, 6.45) is 2.03. The number of rotatable bonds is 11. The molecule has 3 aliphatic heterocycles. The van der Waals surface area contributed by atoms with Crippen molar-refractivity contribution in [3.05, 3.63) is 108 Å². The van der Waals surface area contributed by atoms with E-state index in [1.165, 1.54) is 22.0 Å². The van der Waals surface area contributed by atoms with Crippen molar-refractivity contribution in [2.24, 2.45) is 0 Å². The number of carbonyl (C=O) groups is 4. The van der Waals surface area contributed by atoms with E-state index in [9.17, 15) is 28.6 Å². The molecule has 0 bridgehead atoms. The van der Waals surface area contributed by atoms with Gasteiger partial charge in [-0.15, -0.1) is 6.58 Å². The van der Waals surface area contributed by atoms with Crippen LogP contribution in [0.15, 0.2) is 91.5 Å². The van der Waals surface area contributed by atoms with Crippen molar-refractivity contribution in [3.8, 4) is 5.75 Å². The summed E-state index contributed by atoms with van der Waals surface area (Å²) in [7, 11) is -5.03. The molecule has 0 spiro atoms. The van der Waals surface area contributed by atoms with Crippen LogP contribution in [0, 0.1) is 0 Å². The van der Waals surface area contributed by atoms with Crippen molar-refractivity contribution in [3.63, 3.8) is 0 Å². The van der Waals surface area contributed by atoms with E-state index in [1.807, 2.05) is 54.6 Å². The third-order valence-electron chi connectivity index (χ3n) is 8.91. The molecule has 5 amide bonds. The number of phosphoric ester groups is 1. The van der Waals surface area contributed by atoms with E-state index in [2.05, 4.69) is 16.4 Å². The van der Waals surface area contributed by atoms with Gasteiger partial charge >= 0.3 is 73.0 Å². The maximum Gasteiger partial charge on any atom is 1.00 e. The summed E-state index contributed by atoms with van der Waals surface area (Å²) >= 11 is 0. The first kappa shape index (κ1) is 41.7. The number of hydrogen-bond donors (Lipinski definition) is 2. The number of piperazine rings is 1. The minimum absolute atomic E-state index is 0. The summed E-state index contributed by atoms with van der Waals surface area (Å²) in [5, 5.41) is 6.06. The second-order valence-corrected chi connectivity index (χ2v) is 13.5. The van der Waals surface area contributed by atoms with Crippen molar-refractivity contribution in [1.82, 2.24) is 25.1 Å². The number of amides is 5. The Morgan fingerprint density at radius 1 is 1.00 bits per heavy atom. The van der Waals surface area contributed by atoms with Gasteiger partial charge in [0.2, 0.25) is 17.7 Å². The third-order valence-corrected chi connectivity index (χ3v) is 9.35. The van der Waals surface area contributed by atoms with Crippen LogP contribution in [0.5, 0.6) is 5.75 Å². The van der Waals surface area contributed by atoms with Gasteiger partial charge < -0.3 is 35.8 Å². The summed E-state index contributed by atoms with van der Waals surface area (Å²) in [5.74, 6) is -0.751. The van der Waals surface area contributed by atoms with Crippen molar-refractivity contribution in [2.45, 2.75) is 44.6 Å². The molecule has 14 nitrogen and oxygen atoms in total. The zero-order valence-corrected chi connectivity index (χ0v) is 34.2. The number of nitrogens with zero attached hydrogens (tertiary/aromatic N) is 5. The molecule has 264 valence electrons. The number of anilines is 1. The molecule has 3 fully saturated rings. The van der Waals surface area contributed by atoms with Crippen LogP contribution >= 0.6 is 7.82 Å². The normalized spacial score (nSPS) is 20.0. The molecule has 3 saturated heterocycles. The summed E-state index contributed by atoms with van der Waals surface area (Å²) in [4.78, 5) is 79.8. The van der Waals surface area contributed by atoms with Crippen molar-refractivity contribution < 1.29 is 98.6 Å². The van der Waals surface area contributed by atoms with Gasteiger partial charge in [0, 0.05) is 44.7 Å². The number of phosphoric acid groups is 1. The molecule has 0 aliphatic carbocycles. The molecule has 0 radical (unpaired) electrons. The van der Waals surface area contributed by atoms with Crippen LogP contribution in [0.1, 0.15) is 31.0 Å². The van der Waals surface area contributed by atoms with Crippen LogP contribution in [-0.4, -0.2) is 86.9 Å². The molecule has 6 rings (SSSR count). The minimum atomic E-state index is -5.03. The number of carbonyl (C=O) groups excluding carboxylic acids is 4. The monoisotopic (exact) mass is 748 g/mol. The quantitative estimate of drug-likeness (QED) is 0.115. The van der Waals surface area contributed by atoms with Crippen molar-refractivity contribution >= 4 is 37.3 Å². The zero-order valence-electron chi connectivity index (χ0n) is 30.3. The number of hydrazine groups is 1.